The normalized spacial score (nSPS) is 12.9. The molecule has 188 valence electrons. The zero-order chi connectivity index (χ0) is 25.7. The Morgan fingerprint density at radius 3 is 2.26 bits per heavy atom. The molecule has 7 heteroatoms. The molecular formula is C27H39NO5S. The van der Waals surface area contributed by atoms with E-state index in [1.54, 1.807) is 0 Å². The lowest BCUT2D eigenvalue weighted by Gasteiger charge is -2.32. The summed E-state index contributed by atoms with van der Waals surface area (Å²) in [6, 6.07) is 8.30. The number of nitrogens with one attached hydrogen (secondary N) is 1. The van der Waals surface area contributed by atoms with Crippen LogP contribution in [0.5, 0.6) is 5.75 Å². The van der Waals surface area contributed by atoms with Gasteiger partial charge >= 0.3 is 5.97 Å². The molecule has 1 unspecified atom stereocenters. The second-order valence-corrected chi connectivity index (χ2v) is 10.9. The third kappa shape index (κ3) is 6.19. The zero-order valence-corrected chi connectivity index (χ0v) is 22.5. The van der Waals surface area contributed by atoms with Crippen LogP contribution >= 0.6 is 11.3 Å². The minimum absolute atomic E-state index is 0.153. The van der Waals surface area contributed by atoms with E-state index in [1.165, 1.54) is 24.0 Å². The van der Waals surface area contributed by atoms with E-state index in [4.69, 9.17) is 4.74 Å². The Morgan fingerprint density at radius 1 is 1.09 bits per heavy atom. The maximum atomic E-state index is 12.7. The number of benzene rings is 1. The average molecular weight is 490 g/mol. The van der Waals surface area contributed by atoms with Crippen molar-refractivity contribution in [3.63, 3.8) is 0 Å². The Hall–Kier alpha value is -2.38. The van der Waals surface area contributed by atoms with Crippen LogP contribution in [0.1, 0.15) is 78.7 Å². The molecule has 34 heavy (non-hydrogen) atoms. The number of thiophene rings is 1. The summed E-state index contributed by atoms with van der Waals surface area (Å²) in [6.45, 7) is 14.3. The molecule has 1 heterocycles. The third-order valence-electron chi connectivity index (χ3n) is 6.55. The number of aliphatic hydroxyl groups is 1. The highest BCUT2D eigenvalue weighted by atomic mass is 32.1. The van der Waals surface area contributed by atoms with Crippen LogP contribution in [0, 0.1) is 19.3 Å². The van der Waals surface area contributed by atoms with E-state index in [0.717, 1.165) is 34.6 Å². The molecule has 6 nitrogen and oxygen atoms in total. The molecule has 0 fully saturated rings. The first-order valence-electron chi connectivity index (χ1n) is 11.8. The van der Waals surface area contributed by atoms with Crippen molar-refractivity contribution in [1.82, 2.24) is 5.32 Å². The standard InChI is InChI=1S/C27H39NO5S/c1-9-27(10-2,22-14-18(4)24(34-22)25(31)28-15-23(30)32-8)19-11-12-20(17(3)13-19)33-16-21(29)26(5,6)7/h11-14,21,29H,9-10,15-16H2,1-8H3,(H,28,31). The highest BCUT2D eigenvalue weighted by molar-refractivity contribution is 7.14. The molecular weight excluding hydrogens is 450 g/mol. The number of hydrogen-bond acceptors (Lipinski definition) is 6. The molecule has 2 rings (SSSR count). The molecule has 1 amide bonds. The van der Waals surface area contributed by atoms with Gasteiger partial charge in [-0.15, -0.1) is 11.3 Å². The van der Waals surface area contributed by atoms with Gasteiger partial charge in [0.25, 0.3) is 5.91 Å². The Kier molecular flexibility index (Phi) is 9.31. The summed E-state index contributed by atoms with van der Waals surface area (Å²) in [5.41, 5.74) is 2.58. The van der Waals surface area contributed by atoms with Crippen LogP contribution in [-0.2, 0) is 14.9 Å². The molecule has 0 spiro atoms. The van der Waals surface area contributed by atoms with Gasteiger partial charge in [0.15, 0.2) is 0 Å². The van der Waals surface area contributed by atoms with E-state index < -0.39 is 12.1 Å². The number of carbonyl (C=O) groups is 2. The lowest BCUT2D eigenvalue weighted by atomic mass is 9.74. The number of hydrogen-bond donors (Lipinski definition) is 2. The third-order valence-corrected chi connectivity index (χ3v) is 7.99. The van der Waals surface area contributed by atoms with E-state index in [9.17, 15) is 14.7 Å². The van der Waals surface area contributed by atoms with Crippen LogP contribution in [0.25, 0.3) is 0 Å². The maximum Gasteiger partial charge on any atom is 0.325 e. The fourth-order valence-corrected chi connectivity index (χ4v) is 5.37. The largest absolute Gasteiger partial charge is 0.491 e. The summed E-state index contributed by atoms with van der Waals surface area (Å²) in [7, 11) is 1.30. The number of amides is 1. The fraction of sp³-hybridized carbons (Fsp3) is 0.556. The summed E-state index contributed by atoms with van der Waals surface area (Å²) >= 11 is 1.48. The molecule has 1 aromatic carbocycles. The quantitative estimate of drug-likeness (QED) is 0.450. The number of aliphatic hydroxyl groups excluding tert-OH is 1. The van der Waals surface area contributed by atoms with Crippen LogP contribution in [-0.4, -0.2) is 43.3 Å². The first-order chi connectivity index (χ1) is 15.9. The van der Waals surface area contributed by atoms with Crippen molar-refractivity contribution in [3.8, 4) is 5.75 Å². The minimum Gasteiger partial charge on any atom is -0.491 e. The van der Waals surface area contributed by atoms with Gasteiger partial charge in [0.1, 0.15) is 18.9 Å². The summed E-state index contributed by atoms with van der Waals surface area (Å²) < 4.78 is 10.5. The fourth-order valence-electron chi connectivity index (χ4n) is 3.92. The molecule has 0 saturated carbocycles. The summed E-state index contributed by atoms with van der Waals surface area (Å²) in [5.74, 6) is 0.0167. The van der Waals surface area contributed by atoms with E-state index in [0.29, 0.717) is 4.88 Å². The number of esters is 1. The zero-order valence-electron chi connectivity index (χ0n) is 21.7. The van der Waals surface area contributed by atoms with E-state index >= 15 is 0 Å². The van der Waals surface area contributed by atoms with Crippen LogP contribution in [0.2, 0.25) is 0 Å². The molecule has 0 aliphatic rings. The number of aryl methyl sites for hydroxylation is 2. The van der Waals surface area contributed by atoms with E-state index in [2.05, 4.69) is 42.1 Å². The SMILES string of the molecule is CCC(CC)(c1ccc(OCC(O)C(C)(C)C)c(C)c1)c1cc(C)c(C(=O)NCC(=O)OC)s1. The molecule has 0 radical (unpaired) electrons. The lowest BCUT2D eigenvalue weighted by Crippen LogP contribution is -2.32. The molecule has 1 aromatic heterocycles. The number of ether oxygens (including phenoxy) is 2. The van der Waals surface area contributed by atoms with Gasteiger partial charge in [-0.2, -0.15) is 0 Å². The van der Waals surface area contributed by atoms with Crippen molar-refractivity contribution >= 4 is 23.2 Å². The maximum absolute atomic E-state index is 12.7. The van der Waals surface area contributed by atoms with Gasteiger partial charge in [0.2, 0.25) is 0 Å². The lowest BCUT2D eigenvalue weighted by molar-refractivity contribution is -0.139. The Balaban J connectivity index is 2.33. The van der Waals surface area contributed by atoms with Gasteiger partial charge in [0.05, 0.1) is 18.1 Å². The van der Waals surface area contributed by atoms with Gasteiger partial charge in [-0.1, -0.05) is 46.8 Å². The average Bonchev–Trinajstić information content (AvgIpc) is 3.18. The molecule has 0 aliphatic heterocycles. The summed E-state index contributed by atoms with van der Waals surface area (Å²) in [6.07, 6.45) is 1.18. The van der Waals surface area contributed by atoms with Gasteiger partial charge in [-0.05, 0) is 60.9 Å². The van der Waals surface area contributed by atoms with Crippen molar-refractivity contribution in [1.29, 1.82) is 0 Å². The second-order valence-electron chi connectivity index (χ2n) is 9.84. The highest BCUT2D eigenvalue weighted by Gasteiger charge is 2.34. The van der Waals surface area contributed by atoms with E-state index in [-0.39, 0.29) is 29.9 Å². The Labute approximate surface area is 207 Å². The van der Waals surface area contributed by atoms with Gasteiger partial charge in [-0.25, -0.2) is 0 Å². The van der Waals surface area contributed by atoms with Crippen LogP contribution in [0.3, 0.4) is 0 Å². The predicted octanol–water partition coefficient (Wildman–Crippen LogP) is 5.16. The molecule has 2 aromatic rings. The number of carbonyl (C=O) groups excluding carboxylic acids is 2. The van der Waals surface area contributed by atoms with Crippen LogP contribution < -0.4 is 10.1 Å². The first kappa shape index (κ1) is 27.9. The molecule has 0 aliphatic carbocycles. The van der Waals surface area contributed by atoms with Gasteiger partial charge in [-0.3, -0.25) is 9.59 Å². The first-order valence-corrected chi connectivity index (χ1v) is 12.6. The van der Waals surface area contributed by atoms with Crippen LogP contribution in [0.15, 0.2) is 24.3 Å². The smallest absolute Gasteiger partial charge is 0.325 e. The summed E-state index contributed by atoms with van der Waals surface area (Å²) in [4.78, 5) is 25.8. The second kappa shape index (κ2) is 11.4. The number of methoxy groups -OCH3 is 1. The van der Waals surface area contributed by atoms with Crippen molar-refractivity contribution in [3.05, 3.63) is 50.7 Å². The van der Waals surface area contributed by atoms with Crippen molar-refractivity contribution in [2.24, 2.45) is 5.41 Å². The molecule has 0 saturated heterocycles. The highest BCUT2D eigenvalue weighted by Crippen LogP contribution is 2.44. The Morgan fingerprint density at radius 2 is 1.74 bits per heavy atom. The number of rotatable bonds is 10. The van der Waals surface area contributed by atoms with Crippen LogP contribution in [0.4, 0.5) is 0 Å². The minimum atomic E-state index is -0.560. The molecule has 0 bridgehead atoms. The van der Waals surface area contributed by atoms with Gasteiger partial charge in [0, 0.05) is 10.3 Å². The predicted molar refractivity (Wildman–Crippen MR) is 137 cm³/mol. The van der Waals surface area contributed by atoms with Crippen molar-refractivity contribution < 1.29 is 24.2 Å². The molecule has 1 atom stereocenters. The van der Waals surface area contributed by atoms with E-state index in [1.807, 2.05) is 40.7 Å². The van der Waals surface area contributed by atoms with Gasteiger partial charge < -0.3 is 19.9 Å². The summed E-state index contributed by atoms with van der Waals surface area (Å²) in [5, 5.41) is 13.0. The van der Waals surface area contributed by atoms with Crippen molar-refractivity contribution in [2.45, 2.75) is 72.8 Å². The topological polar surface area (TPSA) is 84.9 Å². The molecule has 2 N–H and O–H groups in total. The monoisotopic (exact) mass is 489 g/mol. The Bertz CT molecular complexity index is 1000. The van der Waals surface area contributed by atoms with Crippen molar-refractivity contribution in [2.75, 3.05) is 20.3 Å².